The molecular weight excluding hydrogens is 362 g/mol. The van der Waals surface area contributed by atoms with Crippen molar-refractivity contribution >= 4 is 28.5 Å². The molecule has 1 saturated heterocycles. The molecule has 3 N–H and O–H groups in total. The molecule has 1 aliphatic heterocycles. The van der Waals surface area contributed by atoms with E-state index in [1.54, 1.807) is 0 Å². The summed E-state index contributed by atoms with van der Waals surface area (Å²) in [6, 6.07) is 5.94. The normalized spacial score (nSPS) is 17.0. The van der Waals surface area contributed by atoms with E-state index in [-0.39, 0.29) is 12.1 Å². The van der Waals surface area contributed by atoms with Gasteiger partial charge in [-0.15, -0.1) is 0 Å². The molecule has 0 spiro atoms. The fourth-order valence-electron chi connectivity index (χ4n) is 4.13. The number of halogens is 1. The lowest BCUT2D eigenvalue weighted by Crippen LogP contribution is -2.40. The van der Waals surface area contributed by atoms with Crippen LogP contribution >= 0.6 is 11.6 Å². The van der Waals surface area contributed by atoms with Crippen LogP contribution in [-0.4, -0.2) is 39.2 Å². The van der Waals surface area contributed by atoms with Crippen molar-refractivity contribution in [1.29, 1.82) is 0 Å². The molecule has 0 bridgehead atoms. The van der Waals surface area contributed by atoms with Crippen LogP contribution in [0.1, 0.15) is 41.4 Å². The van der Waals surface area contributed by atoms with Crippen molar-refractivity contribution in [3.8, 4) is 0 Å². The van der Waals surface area contributed by atoms with Gasteiger partial charge in [0.1, 0.15) is 0 Å². The van der Waals surface area contributed by atoms with Gasteiger partial charge in [-0.05, 0) is 50.8 Å². The van der Waals surface area contributed by atoms with Gasteiger partial charge in [0, 0.05) is 46.5 Å². The topological polar surface area (TPSA) is 76.8 Å². The number of benzene rings is 1. The Kier molecular flexibility index (Phi) is 4.83. The summed E-state index contributed by atoms with van der Waals surface area (Å²) in [5.41, 5.74) is 5.40. The molecule has 142 valence electrons. The number of carbonyl (C=O) groups excluding carboxylic acids is 1. The average Bonchev–Trinajstić information content (AvgIpc) is 3.34. The summed E-state index contributed by atoms with van der Waals surface area (Å²) in [5, 5.41) is 12.3. The lowest BCUT2D eigenvalue weighted by molar-refractivity contribution is 0.193. The number of likely N-dealkylation sites (tertiary alicyclic amines) is 1. The number of fused-ring (bicyclic) bond motifs is 1. The predicted octanol–water partition coefficient (Wildman–Crippen LogP) is 4.25. The molecule has 27 heavy (non-hydrogen) atoms. The van der Waals surface area contributed by atoms with Crippen LogP contribution in [0.3, 0.4) is 0 Å². The first-order valence-electron chi connectivity index (χ1n) is 9.36. The lowest BCUT2D eigenvalue weighted by atomic mass is 10.0. The van der Waals surface area contributed by atoms with E-state index >= 15 is 0 Å². The summed E-state index contributed by atoms with van der Waals surface area (Å²) >= 11 is 6.04. The van der Waals surface area contributed by atoms with Crippen molar-refractivity contribution in [2.24, 2.45) is 0 Å². The monoisotopic (exact) mass is 385 g/mol. The largest absolute Gasteiger partial charge is 0.361 e. The molecule has 3 aromatic rings. The van der Waals surface area contributed by atoms with E-state index in [1.165, 1.54) is 5.56 Å². The highest BCUT2D eigenvalue weighted by atomic mass is 35.5. The Hall–Kier alpha value is -2.47. The van der Waals surface area contributed by atoms with Gasteiger partial charge >= 0.3 is 6.03 Å². The number of nitrogens with zero attached hydrogens (tertiary/aromatic N) is 2. The molecule has 2 aromatic heterocycles. The Morgan fingerprint density at radius 3 is 3.04 bits per heavy atom. The minimum atomic E-state index is 0.000357. The SMILES string of the molecule is Cc1n[nH]c(C)c1C1CCCN1C(=O)NCCc1c[nH]c2cc(Cl)ccc12. The standard InChI is InChI=1S/C20H24ClN5O/c1-12-19(13(2)25-24-12)18-4-3-9-26(18)20(27)22-8-7-14-11-23-17-10-15(21)5-6-16(14)17/h5-6,10-11,18,23H,3-4,7-9H2,1-2H3,(H,22,27)(H,24,25). The van der Waals surface area contributed by atoms with Crippen LogP contribution in [0.2, 0.25) is 5.02 Å². The minimum absolute atomic E-state index is 0.000357. The molecule has 1 aliphatic rings. The molecule has 7 heteroatoms. The summed E-state index contributed by atoms with van der Waals surface area (Å²) < 4.78 is 0. The first kappa shape index (κ1) is 17.9. The summed E-state index contributed by atoms with van der Waals surface area (Å²) in [6.45, 7) is 5.40. The fraction of sp³-hybridized carbons (Fsp3) is 0.400. The highest BCUT2D eigenvalue weighted by Gasteiger charge is 2.32. The van der Waals surface area contributed by atoms with Gasteiger partial charge in [0.25, 0.3) is 0 Å². The molecular formula is C20H24ClN5O. The number of hydrogen-bond acceptors (Lipinski definition) is 2. The summed E-state index contributed by atoms with van der Waals surface area (Å²) in [5.74, 6) is 0. The van der Waals surface area contributed by atoms with E-state index in [4.69, 9.17) is 11.6 Å². The summed E-state index contributed by atoms with van der Waals surface area (Å²) in [4.78, 5) is 18.0. The Labute approximate surface area is 163 Å². The first-order chi connectivity index (χ1) is 13.0. The first-order valence-corrected chi connectivity index (χ1v) is 9.74. The van der Waals surface area contributed by atoms with Crippen LogP contribution in [0, 0.1) is 13.8 Å². The van der Waals surface area contributed by atoms with Crippen LogP contribution in [-0.2, 0) is 6.42 Å². The van der Waals surface area contributed by atoms with E-state index in [9.17, 15) is 4.79 Å². The van der Waals surface area contributed by atoms with Gasteiger partial charge in [0.15, 0.2) is 0 Å². The second-order valence-corrected chi connectivity index (χ2v) is 7.62. The number of H-pyrrole nitrogens is 2. The predicted molar refractivity (Wildman–Crippen MR) is 107 cm³/mol. The molecule has 1 fully saturated rings. The molecule has 3 heterocycles. The Balaban J connectivity index is 1.40. The quantitative estimate of drug-likeness (QED) is 0.627. The van der Waals surface area contributed by atoms with Gasteiger partial charge in [-0.3, -0.25) is 5.10 Å². The van der Waals surface area contributed by atoms with Crippen LogP contribution in [0.15, 0.2) is 24.4 Å². The van der Waals surface area contributed by atoms with Crippen molar-refractivity contribution in [3.63, 3.8) is 0 Å². The van der Waals surface area contributed by atoms with E-state index in [0.29, 0.717) is 11.6 Å². The van der Waals surface area contributed by atoms with Gasteiger partial charge < -0.3 is 15.2 Å². The smallest absolute Gasteiger partial charge is 0.317 e. The number of nitrogens with one attached hydrogen (secondary N) is 3. The third-order valence-corrected chi connectivity index (χ3v) is 5.67. The van der Waals surface area contributed by atoms with E-state index in [2.05, 4.69) is 20.5 Å². The molecule has 1 atom stereocenters. The van der Waals surface area contributed by atoms with Gasteiger partial charge in [-0.2, -0.15) is 5.10 Å². The fourth-order valence-corrected chi connectivity index (χ4v) is 4.30. The van der Waals surface area contributed by atoms with Crippen LogP contribution in [0.4, 0.5) is 4.79 Å². The van der Waals surface area contributed by atoms with Crippen molar-refractivity contribution in [1.82, 2.24) is 25.4 Å². The maximum absolute atomic E-state index is 12.8. The summed E-state index contributed by atoms with van der Waals surface area (Å²) in [7, 11) is 0. The number of hydrogen-bond donors (Lipinski definition) is 3. The van der Waals surface area contributed by atoms with Crippen molar-refractivity contribution in [2.75, 3.05) is 13.1 Å². The number of carbonyl (C=O) groups is 1. The third kappa shape index (κ3) is 3.41. The highest BCUT2D eigenvalue weighted by molar-refractivity contribution is 6.31. The highest BCUT2D eigenvalue weighted by Crippen LogP contribution is 2.34. The van der Waals surface area contributed by atoms with Crippen molar-refractivity contribution < 1.29 is 4.79 Å². The molecule has 6 nitrogen and oxygen atoms in total. The number of amides is 2. The zero-order valence-corrected chi connectivity index (χ0v) is 16.4. The van der Waals surface area contributed by atoms with Crippen molar-refractivity contribution in [2.45, 2.75) is 39.2 Å². The van der Waals surface area contributed by atoms with E-state index < -0.39 is 0 Å². The number of rotatable bonds is 4. The second kappa shape index (κ2) is 7.27. The number of aryl methyl sites for hydroxylation is 2. The number of urea groups is 1. The maximum Gasteiger partial charge on any atom is 0.317 e. The molecule has 0 aliphatic carbocycles. The Morgan fingerprint density at radius 1 is 1.41 bits per heavy atom. The Bertz CT molecular complexity index is 957. The van der Waals surface area contributed by atoms with Crippen LogP contribution in [0.25, 0.3) is 10.9 Å². The number of aromatic nitrogens is 3. The van der Waals surface area contributed by atoms with E-state index in [0.717, 1.165) is 53.7 Å². The molecule has 0 saturated carbocycles. The van der Waals surface area contributed by atoms with Gasteiger partial charge in [-0.1, -0.05) is 17.7 Å². The van der Waals surface area contributed by atoms with E-state index in [1.807, 2.05) is 43.1 Å². The molecule has 1 unspecified atom stereocenters. The second-order valence-electron chi connectivity index (χ2n) is 7.18. The number of aromatic amines is 2. The minimum Gasteiger partial charge on any atom is -0.361 e. The molecule has 2 amide bonds. The van der Waals surface area contributed by atoms with Crippen LogP contribution in [0.5, 0.6) is 0 Å². The summed E-state index contributed by atoms with van der Waals surface area (Å²) in [6.07, 6.45) is 4.77. The van der Waals surface area contributed by atoms with Gasteiger partial charge in [-0.25, -0.2) is 4.79 Å². The zero-order valence-electron chi connectivity index (χ0n) is 15.6. The molecule has 4 rings (SSSR count). The maximum atomic E-state index is 12.8. The van der Waals surface area contributed by atoms with Crippen LogP contribution < -0.4 is 5.32 Å². The zero-order chi connectivity index (χ0) is 19.0. The third-order valence-electron chi connectivity index (χ3n) is 5.43. The molecule has 1 aromatic carbocycles. The van der Waals surface area contributed by atoms with Crippen molar-refractivity contribution in [3.05, 3.63) is 51.9 Å². The Morgan fingerprint density at radius 2 is 2.26 bits per heavy atom. The lowest BCUT2D eigenvalue weighted by Gasteiger charge is -2.25. The average molecular weight is 386 g/mol. The van der Waals surface area contributed by atoms with Gasteiger partial charge in [0.05, 0.1) is 11.7 Å². The van der Waals surface area contributed by atoms with Gasteiger partial charge in [0.2, 0.25) is 0 Å². The molecule has 0 radical (unpaired) electrons.